The number of likely N-dealkylation sites (N-methyl/N-ethyl adjacent to an activating group) is 1. The van der Waals surface area contributed by atoms with Crippen LogP contribution in [0, 0.1) is 10.1 Å². The number of carbonyl (C=O) groups excluding carboxylic acids is 1. The van der Waals surface area contributed by atoms with Crippen LogP contribution >= 0.6 is 11.3 Å². The van der Waals surface area contributed by atoms with Crippen LogP contribution in [-0.2, 0) is 14.8 Å². The molecule has 0 aliphatic carbocycles. The summed E-state index contributed by atoms with van der Waals surface area (Å²) in [4.78, 5) is 24.5. The smallest absolute Gasteiger partial charge is 0.324 e. The highest BCUT2D eigenvalue weighted by Crippen LogP contribution is 2.25. The van der Waals surface area contributed by atoms with Crippen LogP contribution in [0.2, 0.25) is 0 Å². The third kappa shape index (κ3) is 6.87. The topological polar surface area (TPSA) is 131 Å². The first kappa shape index (κ1) is 22.9. The lowest BCUT2D eigenvalue weighted by molar-refractivity contribution is -0.380. The zero-order chi connectivity index (χ0) is 21.4. The van der Waals surface area contributed by atoms with Gasteiger partial charge in [-0.15, -0.1) is 0 Å². The van der Waals surface area contributed by atoms with E-state index < -0.39 is 20.9 Å². The molecule has 0 bridgehead atoms. The van der Waals surface area contributed by atoms with Crippen LogP contribution in [0.3, 0.4) is 0 Å². The summed E-state index contributed by atoms with van der Waals surface area (Å²) < 4.78 is 32.4. The van der Waals surface area contributed by atoms with Crippen molar-refractivity contribution in [2.45, 2.75) is 4.90 Å². The second kappa shape index (κ2) is 10.4. The van der Waals surface area contributed by atoms with Gasteiger partial charge in [0.15, 0.2) is 0 Å². The Morgan fingerprint density at radius 2 is 2.03 bits per heavy atom. The van der Waals surface area contributed by atoms with E-state index in [9.17, 15) is 23.3 Å². The molecule has 2 rings (SSSR count). The largest absolute Gasteiger partial charge is 0.383 e. The SMILES string of the molecule is COCCN(C)CCNS(=O)(=O)c1cccc(NC(=O)c2ccc([N+](=O)[O-])s2)c1. The van der Waals surface area contributed by atoms with Crippen LogP contribution in [0.5, 0.6) is 0 Å². The third-order valence-electron chi connectivity index (χ3n) is 3.86. The minimum Gasteiger partial charge on any atom is -0.383 e. The van der Waals surface area contributed by atoms with E-state index in [1.807, 2.05) is 11.9 Å². The fourth-order valence-corrected chi connectivity index (χ4v) is 4.08. The molecule has 0 fully saturated rings. The number of nitro groups is 1. The number of nitrogens with one attached hydrogen (secondary N) is 2. The third-order valence-corrected chi connectivity index (χ3v) is 6.35. The number of ether oxygens (including phenoxy) is 1. The molecule has 1 heterocycles. The van der Waals surface area contributed by atoms with Crippen molar-refractivity contribution in [2.75, 3.05) is 45.7 Å². The second-order valence-electron chi connectivity index (χ2n) is 6.07. The van der Waals surface area contributed by atoms with Crippen molar-refractivity contribution in [1.29, 1.82) is 0 Å². The summed E-state index contributed by atoms with van der Waals surface area (Å²) in [5.74, 6) is -0.551. The lowest BCUT2D eigenvalue weighted by atomic mass is 10.3. The Bertz CT molecular complexity index is 960. The van der Waals surface area contributed by atoms with Gasteiger partial charge < -0.3 is 15.0 Å². The lowest BCUT2D eigenvalue weighted by Crippen LogP contribution is -2.34. The molecule has 0 unspecified atom stereocenters. The van der Waals surface area contributed by atoms with Crippen molar-refractivity contribution >= 4 is 38.0 Å². The standard InChI is InChI=1S/C17H22N4O6S2/c1-20(10-11-27-2)9-8-18-29(25,26)14-5-3-4-13(12-14)19-17(22)15-6-7-16(28-15)21(23)24/h3-7,12,18H,8-11H2,1-2H3,(H,19,22). The summed E-state index contributed by atoms with van der Waals surface area (Å²) in [6.45, 7) is 1.97. The molecule has 10 nitrogen and oxygen atoms in total. The average Bonchev–Trinajstić information content (AvgIpc) is 3.17. The molecule has 0 saturated heterocycles. The number of nitrogens with zero attached hydrogens (tertiary/aromatic N) is 2. The van der Waals surface area contributed by atoms with Crippen molar-refractivity contribution in [1.82, 2.24) is 9.62 Å². The summed E-state index contributed by atoms with van der Waals surface area (Å²) in [5.41, 5.74) is 0.270. The van der Waals surface area contributed by atoms with E-state index in [-0.39, 0.29) is 27.0 Å². The van der Waals surface area contributed by atoms with E-state index in [1.165, 1.54) is 36.4 Å². The highest BCUT2D eigenvalue weighted by atomic mass is 32.2. The fourth-order valence-electron chi connectivity index (χ4n) is 2.29. The van der Waals surface area contributed by atoms with Crippen LogP contribution < -0.4 is 10.0 Å². The van der Waals surface area contributed by atoms with E-state index in [1.54, 1.807) is 7.11 Å². The maximum absolute atomic E-state index is 12.5. The van der Waals surface area contributed by atoms with Gasteiger partial charge in [0.1, 0.15) is 0 Å². The molecule has 0 radical (unpaired) electrons. The molecule has 2 N–H and O–H groups in total. The molecule has 0 atom stereocenters. The molecule has 29 heavy (non-hydrogen) atoms. The molecule has 12 heteroatoms. The van der Waals surface area contributed by atoms with Crippen molar-refractivity contribution in [2.24, 2.45) is 0 Å². The van der Waals surface area contributed by atoms with Crippen molar-refractivity contribution < 1.29 is 22.9 Å². The van der Waals surface area contributed by atoms with Crippen molar-refractivity contribution in [3.63, 3.8) is 0 Å². The number of carbonyl (C=O) groups is 1. The summed E-state index contributed by atoms with van der Waals surface area (Å²) in [6.07, 6.45) is 0. The van der Waals surface area contributed by atoms with Gasteiger partial charge in [-0.3, -0.25) is 14.9 Å². The number of amides is 1. The number of methoxy groups -OCH3 is 1. The van der Waals surface area contributed by atoms with E-state index in [0.717, 1.165) is 11.3 Å². The Kier molecular flexibility index (Phi) is 8.22. The Balaban J connectivity index is 2.00. The first-order valence-electron chi connectivity index (χ1n) is 8.55. The molecular weight excluding hydrogens is 420 g/mol. The molecule has 1 aromatic carbocycles. The lowest BCUT2D eigenvalue weighted by Gasteiger charge is -2.16. The maximum atomic E-state index is 12.5. The van der Waals surface area contributed by atoms with E-state index >= 15 is 0 Å². The Morgan fingerprint density at radius 3 is 2.69 bits per heavy atom. The van der Waals surface area contributed by atoms with Gasteiger partial charge in [0.2, 0.25) is 10.0 Å². The number of benzene rings is 1. The first-order chi connectivity index (χ1) is 13.7. The number of hydrogen-bond acceptors (Lipinski definition) is 8. The molecular formula is C17H22N4O6S2. The van der Waals surface area contributed by atoms with E-state index in [4.69, 9.17) is 4.74 Å². The summed E-state index contributed by atoms with van der Waals surface area (Å²) in [5, 5.41) is 13.1. The predicted molar refractivity (Wildman–Crippen MR) is 110 cm³/mol. The summed E-state index contributed by atoms with van der Waals surface area (Å²) in [6, 6.07) is 8.39. The predicted octanol–water partition coefficient (Wildman–Crippen LogP) is 1.77. The number of rotatable bonds is 11. The van der Waals surface area contributed by atoms with Gasteiger partial charge >= 0.3 is 5.00 Å². The van der Waals surface area contributed by atoms with E-state index in [0.29, 0.717) is 19.7 Å². The summed E-state index contributed by atoms with van der Waals surface area (Å²) in [7, 11) is -0.294. The van der Waals surface area contributed by atoms with Crippen molar-refractivity contribution in [3.05, 3.63) is 51.4 Å². The normalized spacial score (nSPS) is 11.6. The highest BCUT2D eigenvalue weighted by molar-refractivity contribution is 7.89. The minimum atomic E-state index is -3.75. The molecule has 1 amide bonds. The monoisotopic (exact) mass is 442 g/mol. The van der Waals surface area contributed by atoms with Gasteiger partial charge in [-0.1, -0.05) is 17.4 Å². The molecule has 0 saturated carbocycles. The number of anilines is 1. The van der Waals surface area contributed by atoms with E-state index in [2.05, 4.69) is 10.0 Å². The molecule has 0 aliphatic rings. The molecule has 0 aliphatic heterocycles. The molecule has 2 aromatic rings. The van der Waals surface area contributed by atoms with Crippen LogP contribution in [0.25, 0.3) is 0 Å². The van der Waals surface area contributed by atoms with Gasteiger partial charge in [0, 0.05) is 38.5 Å². The Morgan fingerprint density at radius 1 is 1.28 bits per heavy atom. The number of thiophene rings is 1. The number of hydrogen-bond donors (Lipinski definition) is 2. The molecule has 0 spiro atoms. The van der Waals surface area contributed by atoms with Gasteiger partial charge in [-0.25, -0.2) is 13.1 Å². The molecule has 158 valence electrons. The van der Waals surface area contributed by atoms with Crippen LogP contribution in [0.4, 0.5) is 10.7 Å². The van der Waals surface area contributed by atoms with Crippen LogP contribution in [-0.4, -0.2) is 64.5 Å². The fraction of sp³-hybridized carbons (Fsp3) is 0.353. The average molecular weight is 443 g/mol. The van der Waals surface area contributed by atoms with Crippen LogP contribution in [0.1, 0.15) is 9.67 Å². The maximum Gasteiger partial charge on any atom is 0.324 e. The van der Waals surface area contributed by atoms with Gasteiger partial charge in [-0.05, 0) is 31.3 Å². The zero-order valence-electron chi connectivity index (χ0n) is 16.0. The van der Waals surface area contributed by atoms with Gasteiger partial charge in [0.05, 0.1) is 21.3 Å². The second-order valence-corrected chi connectivity index (χ2v) is 8.90. The van der Waals surface area contributed by atoms with Gasteiger partial charge in [-0.2, -0.15) is 0 Å². The Hall–Kier alpha value is -2.38. The quantitative estimate of drug-likeness (QED) is 0.400. The summed E-state index contributed by atoms with van der Waals surface area (Å²) >= 11 is 0.742. The van der Waals surface area contributed by atoms with Crippen LogP contribution in [0.15, 0.2) is 41.3 Å². The number of sulfonamides is 1. The Labute approximate surface area is 172 Å². The highest BCUT2D eigenvalue weighted by Gasteiger charge is 2.17. The molecule has 1 aromatic heterocycles. The first-order valence-corrected chi connectivity index (χ1v) is 10.9. The van der Waals surface area contributed by atoms with Gasteiger partial charge in [0.25, 0.3) is 5.91 Å². The zero-order valence-corrected chi connectivity index (χ0v) is 17.6. The minimum absolute atomic E-state index is 0.00649. The van der Waals surface area contributed by atoms with Crippen molar-refractivity contribution in [3.8, 4) is 0 Å².